The Morgan fingerprint density at radius 1 is 1.26 bits per heavy atom. The highest BCUT2D eigenvalue weighted by molar-refractivity contribution is 5.75. The zero-order valence-electron chi connectivity index (χ0n) is 12.5. The molecule has 104 valence electrons. The number of fused-ring (bicyclic) bond motifs is 1. The molecule has 0 fully saturated rings. The Labute approximate surface area is 116 Å². The number of likely N-dealkylation sites (N-methyl/N-ethyl adjacent to an activating group) is 1. The minimum atomic E-state index is 0.479. The van der Waals surface area contributed by atoms with Crippen molar-refractivity contribution in [3.05, 3.63) is 30.1 Å². The van der Waals surface area contributed by atoms with Gasteiger partial charge in [-0.1, -0.05) is 32.9 Å². The smallest absolute Gasteiger partial charge is 0.111 e. The number of hydrogen-bond donors (Lipinski definition) is 1. The van der Waals surface area contributed by atoms with Gasteiger partial charge in [-0.2, -0.15) is 0 Å². The predicted octanol–water partition coefficient (Wildman–Crippen LogP) is 3.23. The van der Waals surface area contributed by atoms with Crippen molar-refractivity contribution in [3.63, 3.8) is 0 Å². The van der Waals surface area contributed by atoms with Crippen molar-refractivity contribution in [2.24, 2.45) is 5.92 Å². The number of aryl methyl sites for hydroxylation is 1. The SMILES string of the molecule is CCCn1c(CC(NC)C(C)C)nc2ccccc21. The Balaban J connectivity index is 2.38. The Hall–Kier alpha value is -1.35. The lowest BCUT2D eigenvalue weighted by Crippen LogP contribution is -2.33. The second-order valence-electron chi connectivity index (χ2n) is 5.51. The van der Waals surface area contributed by atoms with Crippen molar-refractivity contribution >= 4 is 11.0 Å². The fourth-order valence-electron chi connectivity index (χ4n) is 2.62. The summed E-state index contributed by atoms with van der Waals surface area (Å²) in [6.45, 7) is 7.78. The highest BCUT2D eigenvalue weighted by Gasteiger charge is 2.17. The summed E-state index contributed by atoms with van der Waals surface area (Å²) in [5.74, 6) is 1.82. The molecule has 3 heteroatoms. The van der Waals surface area contributed by atoms with E-state index in [0.717, 1.165) is 24.9 Å². The maximum absolute atomic E-state index is 4.82. The number of imidazole rings is 1. The number of benzene rings is 1. The summed E-state index contributed by atoms with van der Waals surface area (Å²) in [5.41, 5.74) is 2.38. The summed E-state index contributed by atoms with van der Waals surface area (Å²) in [7, 11) is 2.04. The number of hydrogen-bond acceptors (Lipinski definition) is 2. The molecule has 1 aromatic carbocycles. The van der Waals surface area contributed by atoms with Gasteiger partial charge in [-0.05, 0) is 31.5 Å². The molecule has 0 saturated heterocycles. The van der Waals surface area contributed by atoms with Gasteiger partial charge in [0.1, 0.15) is 5.82 Å². The Bertz CT molecular complexity index is 528. The van der Waals surface area contributed by atoms with Gasteiger partial charge in [-0.3, -0.25) is 0 Å². The molecular weight excluding hydrogens is 234 g/mol. The molecule has 0 bridgehead atoms. The average Bonchev–Trinajstić information content (AvgIpc) is 2.74. The molecule has 1 aromatic heterocycles. The summed E-state index contributed by atoms with van der Waals surface area (Å²) in [4.78, 5) is 4.82. The zero-order valence-corrected chi connectivity index (χ0v) is 12.5. The molecule has 0 radical (unpaired) electrons. The van der Waals surface area contributed by atoms with E-state index >= 15 is 0 Å². The molecule has 1 heterocycles. The van der Waals surface area contributed by atoms with Crippen LogP contribution in [0.1, 0.15) is 33.0 Å². The maximum atomic E-state index is 4.82. The standard InChI is InChI=1S/C16H25N3/c1-5-10-19-15-9-7-6-8-13(15)18-16(19)11-14(17-4)12(2)3/h6-9,12,14,17H,5,10-11H2,1-4H3. The first-order chi connectivity index (χ1) is 9.17. The fraction of sp³-hybridized carbons (Fsp3) is 0.562. The van der Waals surface area contributed by atoms with Crippen molar-refractivity contribution < 1.29 is 0 Å². The second kappa shape index (κ2) is 6.20. The molecule has 1 atom stereocenters. The van der Waals surface area contributed by atoms with Crippen LogP contribution in [-0.2, 0) is 13.0 Å². The third-order valence-corrected chi connectivity index (χ3v) is 3.76. The molecule has 3 nitrogen and oxygen atoms in total. The van der Waals surface area contributed by atoms with Gasteiger partial charge in [0.25, 0.3) is 0 Å². The van der Waals surface area contributed by atoms with E-state index in [4.69, 9.17) is 4.98 Å². The number of aromatic nitrogens is 2. The van der Waals surface area contributed by atoms with E-state index < -0.39 is 0 Å². The van der Waals surface area contributed by atoms with Crippen LogP contribution in [0.5, 0.6) is 0 Å². The molecule has 0 aliphatic heterocycles. The van der Waals surface area contributed by atoms with Gasteiger partial charge >= 0.3 is 0 Å². The minimum Gasteiger partial charge on any atom is -0.328 e. The van der Waals surface area contributed by atoms with E-state index in [1.807, 2.05) is 7.05 Å². The molecule has 0 aliphatic carbocycles. The third-order valence-electron chi connectivity index (χ3n) is 3.76. The minimum absolute atomic E-state index is 0.479. The van der Waals surface area contributed by atoms with Gasteiger partial charge in [-0.25, -0.2) is 4.98 Å². The fourth-order valence-corrected chi connectivity index (χ4v) is 2.62. The topological polar surface area (TPSA) is 29.9 Å². The molecule has 0 amide bonds. The van der Waals surface area contributed by atoms with Gasteiger partial charge in [0, 0.05) is 19.0 Å². The highest BCUT2D eigenvalue weighted by Crippen LogP contribution is 2.19. The quantitative estimate of drug-likeness (QED) is 0.863. The molecular formula is C16H25N3. The summed E-state index contributed by atoms with van der Waals surface area (Å²) < 4.78 is 2.38. The number of rotatable bonds is 6. The molecule has 2 aromatic rings. The second-order valence-corrected chi connectivity index (χ2v) is 5.51. The summed E-state index contributed by atoms with van der Waals surface area (Å²) >= 11 is 0. The molecule has 0 aliphatic rings. The first-order valence-electron chi connectivity index (χ1n) is 7.28. The van der Waals surface area contributed by atoms with Crippen LogP contribution in [0, 0.1) is 5.92 Å². The van der Waals surface area contributed by atoms with E-state index in [1.54, 1.807) is 0 Å². The Morgan fingerprint density at radius 2 is 2.00 bits per heavy atom. The predicted molar refractivity (Wildman–Crippen MR) is 81.4 cm³/mol. The van der Waals surface area contributed by atoms with E-state index in [1.165, 1.54) is 11.3 Å². The number of para-hydroxylation sites is 2. The van der Waals surface area contributed by atoms with Crippen LogP contribution in [0.2, 0.25) is 0 Å². The summed E-state index contributed by atoms with van der Waals surface area (Å²) in [5, 5.41) is 3.41. The third kappa shape index (κ3) is 2.98. The Morgan fingerprint density at radius 3 is 2.63 bits per heavy atom. The van der Waals surface area contributed by atoms with Crippen molar-refractivity contribution in [1.29, 1.82) is 0 Å². The van der Waals surface area contributed by atoms with Crippen molar-refractivity contribution in [2.75, 3.05) is 7.05 Å². The van der Waals surface area contributed by atoms with Crippen LogP contribution in [0.3, 0.4) is 0 Å². The van der Waals surface area contributed by atoms with Crippen molar-refractivity contribution in [2.45, 2.75) is 46.2 Å². The molecule has 0 spiro atoms. The molecule has 2 rings (SSSR count). The first kappa shape index (κ1) is 14.1. The number of nitrogens with zero attached hydrogens (tertiary/aromatic N) is 2. The molecule has 1 unspecified atom stereocenters. The van der Waals surface area contributed by atoms with Crippen LogP contribution in [-0.4, -0.2) is 22.6 Å². The normalized spacial score (nSPS) is 13.3. The lowest BCUT2D eigenvalue weighted by atomic mass is 10.0. The zero-order chi connectivity index (χ0) is 13.8. The number of nitrogens with one attached hydrogen (secondary N) is 1. The lowest BCUT2D eigenvalue weighted by Gasteiger charge is -2.20. The van der Waals surface area contributed by atoms with E-state index in [2.05, 4.69) is 54.9 Å². The van der Waals surface area contributed by atoms with Crippen LogP contribution in [0.25, 0.3) is 11.0 Å². The van der Waals surface area contributed by atoms with Crippen LogP contribution in [0.4, 0.5) is 0 Å². The summed E-state index contributed by atoms with van der Waals surface area (Å²) in [6, 6.07) is 8.91. The molecule has 1 N–H and O–H groups in total. The van der Waals surface area contributed by atoms with E-state index in [0.29, 0.717) is 12.0 Å². The highest BCUT2D eigenvalue weighted by atomic mass is 15.1. The maximum Gasteiger partial charge on any atom is 0.111 e. The summed E-state index contributed by atoms with van der Waals surface area (Å²) in [6.07, 6.45) is 2.13. The van der Waals surface area contributed by atoms with E-state index in [-0.39, 0.29) is 0 Å². The van der Waals surface area contributed by atoms with Gasteiger partial charge < -0.3 is 9.88 Å². The van der Waals surface area contributed by atoms with Gasteiger partial charge in [0.2, 0.25) is 0 Å². The molecule has 19 heavy (non-hydrogen) atoms. The van der Waals surface area contributed by atoms with Crippen LogP contribution in [0.15, 0.2) is 24.3 Å². The van der Waals surface area contributed by atoms with Gasteiger partial charge in [0.15, 0.2) is 0 Å². The molecule has 0 saturated carbocycles. The van der Waals surface area contributed by atoms with Gasteiger partial charge in [-0.15, -0.1) is 0 Å². The van der Waals surface area contributed by atoms with Gasteiger partial charge in [0.05, 0.1) is 11.0 Å². The van der Waals surface area contributed by atoms with Crippen molar-refractivity contribution in [1.82, 2.24) is 14.9 Å². The average molecular weight is 259 g/mol. The van der Waals surface area contributed by atoms with E-state index in [9.17, 15) is 0 Å². The first-order valence-corrected chi connectivity index (χ1v) is 7.28. The van der Waals surface area contributed by atoms with Crippen LogP contribution >= 0.6 is 0 Å². The van der Waals surface area contributed by atoms with Crippen LogP contribution < -0.4 is 5.32 Å². The van der Waals surface area contributed by atoms with Crippen molar-refractivity contribution in [3.8, 4) is 0 Å². The Kier molecular flexibility index (Phi) is 4.59. The lowest BCUT2D eigenvalue weighted by molar-refractivity contribution is 0.411. The largest absolute Gasteiger partial charge is 0.328 e. The monoisotopic (exact) mass is 259 g/mol.